The van der Waals surface area contributed by atoms with Gasteiger partial charge in [-0.1, -0.05) is 18.2 Å². The molecule has 2 aromatic rings. The van der Waals surface area contributed by atoms with Crippen LogP contribution in [0, 0.1) is 0 Å². The van der Waals surface area contributed by atoms with Gasteiger partial charge < -0.3 is 5.32 Å². The molecule has 0 aliphatic heterocycles. The molecule has 0 saturated heterocycles. The van der Waals surface area contributed by atoms with Crippen LogP contribution in [0.2, 0.25) is 0 Å². The lowest BCUT2D eigenvalue weighted by atomic mass is 10.3. The van der Waals surface area contributed by atoms with Crippen LogP contribution in [-0.4, -0.2) is 20.2 Å². The van der Waals surface area contributed by atoms with Crippen molar-refractivity contribution >= 4 is 5.69 Å². The zero-order chi connectivity index (χ0) is 9.80. The Bertz CT molecular complexity index is 395. The lowest BCUT2D eigenvalue weighted by molar-refractivity contribution is 0.628. The van der Waals surface area contributed by atoms with Crippen LogP contribution in [0.25, 0.3) is 0 Å². The molecule has 0 aliphatic rings. The van der Waals surface area contributed by atoms with E-state index in [-0.39, 0.29) is 0 Å². The Hall–Kier alpha value is -1.91. The summed E-state index contributed by atoms with van der Waals surface area (Å²) in [5, 5.41) is 14.9. The molecule has 0 spiro atoms. The molecular weight excluding hydrogens is 178 g/mol. The minimum absolute atomic E-state index is 0.595. The third kappa shape index (κ3) is 2.07. The number of nitrogens with one attached hydrogen (secondary N) is 1. The summed E-state index contributed by atoms with van der Waals surface area (Å²) in [5.74, 6) is 0.691. The highest BCUT2D eigenvalue weighted by atomic mass is 15.6. The van der Waals surface area contributed by atoms with Crippen LogP contribution in [0.15, 0.2) is 30.3 Å². The summed E-state index contributed by atoms with van der Waals surface area (Å²) in [6.07, 6.45) is 0. The van der Waals surface area contributed by atoms with Gasteiger partial charge in [-0.15, -0.1) is 10.2 Å². The van der Waals surface area contributed by atoms with Crippen molar-refractivity contribution in [1.29, 1.82) is 0 Å². The molecule has 5 heteroatoms. The smallest absolute Gasteiger partial charge is 0.193 e. The maximum atomic E-state index is 4.06. The molecule has 0 unspecified atom stereocenters. The first-order valence-electron chi connectivity index (χ1n) is 4.36. The van der Waals surface area contributed by atoms with E-state index in [2.05, 4.69) is 20.7 Å². The Morgan fingerprint density at radius 3 is 2.71 bits per heavy atom. The van der Waals surface area contributed by atoms with E-state index in [4.69, 9.17) is 0 Å². The third-order valence-corrected chi connectivity index (χ3v) is 1.77. The van der Waals surface area contributed by atoms with E-state index < -0.39 is 0 Å². The number of aromatic nitrogens is 4. The monoisotopic (exact) mass is 189 g/mol. The van der Waals surface area contributed by atoms with Gasteiger partial charge in [0.2, 0.25) is 0 Å². The van der Waals surface area contributed by atoms with Crippen molar-refractivity contribution in [3.8, 4) is 0 Å². The Labute approximate surface area is 81.8 Å². The first-order chi connectivity index (χ1) is 6.84. The minimum Gasteiger partial charge on any atom is -0.378 e. The highest BCUT2D eigenvalue weighted by Crippen LogP contribution is 2.05. The molecule has 14 heavy (non-hydrogen) atoms. The summed E-state index contributed by atoms with van der Waals surface area (Å²) in [6.45, 7) is 0.595. The van der Waals surface area contributed by atoms with Crippen LogP contribution >= 0.6 is 0 Å². The van der Waals surface area contributed by atoms with Gasteiger partial charge in [0.1, 0.15) is 0 Å². The van der Waals surface area contributed by atoms with E-state index >= 15 is 0 Å². The summed E-state index contributed by atoms with van der Waals surface area (Å²) < 4.78 is 0. The van der Waals surface area contributed by atoms with E-state index in [1.54, 1.807) is 7.05 Å². The number of hydrogen-bond acceptors (Lipinski definition) is 4. The average molecular weight is 189 g/mol. The van der Waals surface area contributed by atoms with Gasteiger partial charge in [-0.3, -0.25) is 0 Å². The van der Waals surface area contributed by atoms with Gasteiger partial charge >= 0.3 is 0 Å². The fourth-order valence-electron chi connectivity index (χ4n) is 1.13. The number of para-hydroxylation sites is 1. The lowest BCUT2D eigenvalue weighted by Gasteiger charge is -2.01. The van der Waals surface area contributed by atoms with Gasteiger partial charge in [-0.25, -0.2) is 0 Å². The van der Waals surface area contributed by atoms with Crippen molar-refractivity contribution in [2.24, 2.45) is 7.05 Å². The fraction of sp³-hybridized carbons (Fsp3) is 0.222. The highest BCUT2D eigenvalue weighted by Gasteiger charge is 1.98. The van der Waals surface area contributed by atoms with E-state index in [0.717, 1.165) is 5.69 Å². The van der Waals surface area contributed by atoms with Gasteiger partial charge in [0, 0.05) is 5.69 Å². The molecule has 0 bridgehead atoms. The van der Waals surface area contributed by atoms with Crippen LogP contribution in [0.3, 0.4) is 0 Å². The molecule has 0 radical (unpaired) electrons. The van der Waals surface area contributed by atoms with Crippen LogP contribution in [-0.2, 0) is 13.6 Å². The van der Waals surface area contributed by atoms with Gasteiger partial charge in [0.05, 0.1) is 13.6 Å². The van der Waals surface area contributed by atoms with E-state index in [0.29, 0.717) is 12.4 Å². The van der Waals surface area contributed by atoms with Crippen LogP contribution < -0.4 is 5.32 Å². The molecule has 1 aromatic heterocycles. The molecular formula is C9H11N5. The maximum absolute atomic E-state index is 4.06. The summed E-state index contributed by atoms with van der Waals surface area (Å²) >= 11 is 0. The minimum atomic E-state index is 0.595. The second-order valence-electron chi connectivity index (χ2n) is 2.91. The molecule has 5 nitrogen and oxygen atoms in total. The zero-order valence-corrected chi connectivity index (χ0v) is 7.88. The van der Waals surface area contributed by atoms with Gasteiger partial charge in [0.25, 0.3) is 0 Å². The van der Waals surface area contributed by atoms with Gasteiger partial charge in [0.15, 0.2) is 5.82 Å². The Kier molecular flexibility index (Phi) is 2.40. The first-order valence-corrected chi connectivity index (χ1v) is 4.36. The average Bonchev–Trinajstić information content (AvgIpc) is 2.63. The van der Waals surface area contributed by atoms with Crippen LogP contribution in [0.4, 0.5) is 5.69 Å². The second kappa shape index (κ2) is 3.87. The topological polar surface area (TPSA) is 55.6 Å². The van der Waals surface area contributed by atoms with Crippen molar-refractivity contribution < 1.29 is 0 Å². The largest absolute Gasteiger partial charge is 0.378 e. The number of rotatable bonds is 3. The van der Waals surface area contributed by atoms with Gasteiger partial charge in [-0.05, 0) is 17.3 Å². The van der Waals surface area contributed by atoms with Crippen molar-refractivity contribution in [2.45, 2.75) is 6.54 Å². The van der Waals surface area contributed by atoms with Crippen molar-refractivity contribution in [1.82, 2.24) is 20.2 Å². The lowest BCUT2D eigenvalue weighted by Crippen LogP contribution is -2.01. The molecule has 0 fully saturated rings. The molecule has 0 aliphatic carbocycles. The Morgan fingerprint density at radius 1 is 1.29 bits per heavy atom. The summed E-state index contributed by atoms with van der Waals surface area (Å²) in [4.78, 5) is 1.45. The van der Waals surface area contributed by atoms with Crippen LogP contribution in [0.1, 0.15) is 5.82 Å². The predicted molar refractivity (Wildman–Crippen MR) is 52.6 cm³/mol. The summed E-state index contributed by atoms with van der Waals surface area (Å²) in [6, 6.07) is 9.93. The summed E-state index contributed by atoms with van der Waals surface area (Å²) in [7, 11) is 1.75. The molecule has 1 heterocycles. The second-order valence-corrected chi connectivity index (χ2v) is 2.91. The number of anilines is 1. The van der Waals surface area contributed by atoms with Crippen LogP contribution in [0.5, 0.6) is 0 Å². The number of nitrogens with zero attached hydrogens (tertiary/aromatic N) is 4. The molecule has 1 N–H and O–H groups in total. The molecule has 72 valence electrons. The SMILES string of the molecule is Cn1nnc(CNc2ccccc2)n1. The molecule has 0 saturated carbocycles. The maximum Gasteiger partial charge on any atom is 0.193 e. The fourth-order valence-corrected chi connectivity index (χ4v) is 1.13. The quantitative estimate of drug-likeness (QED) is 0.776. The van der Waals surface area contributed by atoms with E-state index in [9.17, 15) is 0 Å². The number of aryl methyl sites for hydroxylation is 1. The first kappa shape index (κ1) is 8.68. The van der Waals surface area contributed by atoms with Crippen molar-refractivity contribution in [3.05, 3.63) is 36.2 Å². The Morgan fingerprint density at radius 2 is 2.07 bits per heavy atom. The molecule has 0 amide bonds. The standard InChI is InChI=1S/C9H11N5/c1-14-12-9(11-13-14)7-10-8-5-3-2-4-6-8/h2-6,10H,7H2,1H3. The Balaban J connectivity index is 1.95. The highest BCUT2D eigenvalue weighted by molar-refractivity contribution is 5.42. The number of hydrogen-bond donors (Lipinski definition) is 1. The van der Waals surface area contributed by atoms with Crippen molar-refractivity contribution in [3.63, 3.8) is 0 Å². The predicted octanol–water partition coefficient (Wildman–Crippen LogP) is 0.822. The molecule has 0 atom stereocenters. The number of benzene rings is 1. The van der Waals surface area contributed by atoms with Crippen molar-refractivity contribution in [2.75, 3.05) is 5.32 Å². The van der Waals surface area contributed by atoms with E-state index in [1.807, 2.05) is 30.3 Å². The zero-order valence-electron chi connectivity index (χ0n) is 7.88. The van der Waals surface area contributed by atoms with Gasteiger partial charge in [-0.2, -0.15) is 4.80 Å². The van der Waals surface area contributed by atoms with E-state index in [1.165, 1.54) is 4.80 Å². The third-order valence-electron chi connectivity index (χ3n) is 1.77. The molecule has 1 aromatic carbocycles. The molecule has 2 rings (SSSR count). The normalized spacial score (nSPS) is 10.1. The summed E-state index contributed by atoms with van der Waals surface area (Å²) in [5.41, 5.74) is 1.06. The number of tetrazole rings is 1.